The normalized spacial score (nSPS) is 11.6. The molecule has 0 radical (unpaired) electrons. The molecule has 1 heterocycles. The lowest BCUT2D eigenvalue weighted by atomic mass is 10.2. The first-order valence-corrected chi connectivity index (χ1v) is 10.5. The molecule has 3 rings (SSSR count). The molecule has 2 aromatic carbocycles. The van der Waals surface area contributed by atoms with Gasteiger partial charge >= 0.3 is 0 Å². The molecule has 8 nitrogen and oxygen atoms in total. The number of aryl methyl sites for hydroxylation is 1. The van der Waals surface area contributed by atoms with E-state index < -0.39 is 21.5 Å². The number of aromatic nitrogens is 2. The third-order valence-corrected chi connectivity index (χ3v) is 6.25. The molecule has 0 saturated heterocycles. The van der Waals surface area contributed by atoms with Crippen LogP contribution in [-0.2, 0) is 21.4 Å². The van der Waals surface area contributed by atoms with Crippen molar-refractivity contribution < 1.29 is 13.2 Å². The molecular weight excluding hydrogens is 439 g/mol. The zero-order chi connectivity index (χ0) is 21.3. The molecule has 0 atom stereocenters. The third kappa shape index (κ3) is 4.43. The number of rotatable bonds is 5. The van der Waals surface area contributed by atoms with Gasteiger partial charge in [-0.2, -0.15) is 0 Å². The maximum atomic E-state index is 12.6. The van der Waals surface area contributed by atoms with Crippen LogP contribution < -0.4 is 15.6 Å². The first kappa shape index (κ1) is 21.3. The van der Waals surface area contributed by atoms with Crippen molar-refractivity contribution in [1.82, 2.24) is 14.3 Å². The number of benzene rings is 2. The molecule has 0 bridgehead atoms. The molecule has 1 aromatic heterocycles. The third-order valence-electron chi connectivity index (χ3n) is 4.19. The number of anilines is 1. The molecule has 0 fully saturated rings. The molecule has 0 aliphatic carbocycles. The van der Waals surface area contributed by atoms with E-state index in [0.717, 1.165) is 4.57 Å². The van der Waals surface area contributed by atoms with Crippen molar-refractivity contribution in [3.05, 3.63) is 62.6 Å². The Morgan fingerprint density at radius 2 is 1.93 bits per heavy atom. The molecule has 0 aliphatic heterocycles. The van der Waals surface area contributed by atoms with E-state index in [4.69, 9.17) is 23.2 Å². The van der Waals surface area contributed by atoms with Crippen LogP contribution in [0.5, 0.6) is 0 Å². The van der Waals surface area contributed by atoms with Crippen molar-refractivity contribution in [1.29, 1.82) is 0 Å². The van der Waals surface area contributed by atoms with Crippen LogP contribution in [-0.4, -0.2) is 30.9 Å². The van der Waals surface area contributed by atoms with E-state index in [0.29, 0.717) is 5.56 Å². The van der Waals surface area contributed by atoms with Gasteiger partial charge in [0.05, 0.1) is 27.1 Å². The Kier molecular flexibility index (Phi) is 5.95. The maximum Gasteiger partial charge on any atom is 0.261 e. The highest BCUT2D eigenvalue weighted by Crippen LogP contribution is 2.24. The molecule has 0 unspecified atom stereocenters. The van der Waals surface area contributed by atoms with Gasteiger partial charge in [0, 0.05) is 10.7 Å². The van der Waals surface area contributed by atoms with Gasteiger partial charge in [0.2, 0.25) is 15.9 Å². The second-order valence-electron chi connectivity index (χ2n) is 6.20. The van der Waals surface area contributed by atoms with Crippen LogP contribution in [0.25, 0.3) is 10.9 Å². The first-order chi connectivity index (χ1) is 13.6. The second-order valence-corrected chi connectivity index (χ2v) is 8.90. The predicted octanol–water partition coefficient (Wildman–Crippen LogP) is 2.56. The van der Waals surface area contributed by atoms with E-state index in [2.05, 4.69) is 15.0 Å². The zero-order valence-electron chi connectivity index (χ0n) is 15.4. The molecule has 0 spiro atoms. The minimum absolute atomic E-state index is 0.0478. The summed E-state index contributed by atoms with van der Waals surface area (Å²) in [5.74, 6) is -0.530. The van der Waals surface area contributed by atoms with Gasteiger partial charge in [-0.1, -0.05) is 29.3 Å². The van der Waals surface area contributed by atoms with Crippen molar-refractivity contribution in [2.45, 2.75) is 18.4 Å². The number of carbonyl (C=O) groups is 1. The Labute approximate surface area is 176 Å². The standard InChI is InChI=1S/C18H16Cl2N4O4S/c1-10-3-4-12(7-15(10)29(27,28)21-2)23-16(25)8-24-9-22-17-13(18(24)26)5-11(19)6-14(17)20/h3-7,9,21H,8H2,1-2H3,(H,23,25). The summed E-state index contributed by atoms with van der Waals surface area (Å²) < 4.78 is 27.5. The molecule has 152 valence electrons. The van der Waals surface area contributed by atoms with Crippen molar-refractivity contribution in [2.75, 3.05) is 12.4 Å². The average Bonchev–Trinajstić information content (AvgIpc) is 2.65. The quantitative estimate of drug-likeness (QED) is 0.615. The summed E-state index contributed by atoms with van der Waals surface area (Å²) in [5.41, 5.74) is 0.624. The molecule has 11 heteroatoms. The molecule has 3 aromatic rings. The number of carbonyl (C=O) groups excluding carboxylic acids is 1. The highest BCUT2D eigenvalue weighted by Gasteiger charge is 2.16. The lowest BCUT2D eigenvalue weighted by Gasteiger charge is -2.11. The summed E-state index contributed by atoms with van der Waals surface area (Å²) in [4.78, 5) is 29.2. The van der Waals surface area contributed by atoms with Crippen LogP contribution in [0.15, 0.2) is 46.3 Å². The lowest BCUT2D eigenvalue weighted by Crippen LogP contribution is -2.28. The van der Waals surface area contributed by atoms with Crippen LogP contribution in [0.4, 0.5) is 5.69 Å². The van der Waals surface area contributed by atoms with E-state index >= 15 is 0 Å². The number of nitrogens with one attached hydrogen (secondary N) is 2. The largest absolute Gasteiger partial charge is 0.324 e. The smallest absolute Gasteiger partial charge is 0.261 e. The maximum absolute atomic E-state index is 12.6. The summed E-state index contributed by atoms with van der Waals surface area (Å²) in [6, 6.07) is 7.40. The fourth-order valence-corrected chi connectivity index (χ4v) is 4.28. The first-order valence-electron chi connectivity index (χ1n) is 8.30. The van der Waals surface area contributed by atoms with Gasteiger partial charge in [0.15, 0.2) is 0 Å². The molecular formula is C18H16Cl2N4O4S. The van der Waals surface area contributed by atoms with Gasteiger partial charge in [-0.05, 0) is 43.8 Å². The zero-order valence-corrected chi connectivity index (χ0v) is 17.7. The summed E-state index contributed by atoms with van der Waals surface area (Å²) in [6.07, 6.45) is 1.22. The van der Waals surface area contributed by atoms with Gasteiger partial charge in [-0.25, -0.2) is 18.1 Å². The highest BCUT2D eigenvalue weighted by molar-refractivity contribution is 7.89. The Morgan fingerprint density at radius 1 is 1.21 bits per heavy atom. The van der Waals surface area contributed by atoms with Crippen molar-refractivity contribution in [3.63, 3.8) is 0 Å². The summed E-state index contributed by atoms with van der Waals surface area (Å²) >= 11 is 12.0. The Bertz CT molecular complexity index is 1290. The van der Waals surface area contributed by atoms with E-state index in [-0.39, 0.29) is 38.1 Å². The number of amides is 1. The van der Waals surface area contributed by atoms with Gasteiger partial charge in [0.1, 0.15) is 6.54 Å². The topological polar surface area (TPSA) is 110 Å². The van der Waals surface area contributed by atoms with E-state index in [1.165, 1.54) is 31.6 Å². The number of halogens is 2. The van der Waals surface area contributed by atoms with Crippen LogP contribution in [0.3, 0.4) is 0 Å². The minimum Gasteiger partial charge on any atom is -0.324 e. The van der Waals surface area contributed by atoms with Crippen LogP contribution >= 0.6 is 23.2 Å². The van der Waals surface area contributed by atoms with Gasteiger partial charge in [0.25, 0.3) is 5.56 Å². The Balaban J connectivity index is 1.88. The lowest BCUT2D eigenvalue weighted by molar-refractivity contribution is -0.116. The second kappa shape index (κ2) is 8.11. The van der Waals surface area contributed by atoms with Crippen molar-refractivity contribution in [2.24, 2.45) is 0 Å². The van der Waals surface area contributed by atoms with Crippen molar-refractivity contribution >= 4 is 55.7 Å². The van der Waals surface area contributed by atoms with Gasteiger partial charge < -0.3 is 5.32 Å². The molecule has 29 heavy (non-hydrogen) atoms. The highest BCUT2D eigenvalue weighted by atomic mass is 35.5. The van der Waals surface area contributed by atoms with E-state index in [1.54, 1.807) is 19.1 Å². The van der Waals surface area contributed by atoms with E-state index in [1.807, 2.05) is 0 Å². The number of nitrogens with zero attached hydrogens (tertiary/aromatic N) is 2. The monoisotopic (exact) mass is 454 g/mol. The molecule has 0 saturated carbocycles. The van der Waals surface area contributed by atoms with Gasteiger partial charge in [-0.15, -0.1) is 0 Å². The Morgan fingerprint density at radius 3 is 2.62 bits per heavy atom. The molecule has 1 amide bonds. The van der Waals surface area contributed by atoms with E-state index in [9.17, 15) is 18.0 Å². The summed E-state index contributed by atoms with van der Waals surface area (Å²) in [6.45, 7) is 1.32. The van der Waals surface area contributed by atoms with Crippen molar-refractivity contribution in [3.8, 4) is 0 Å². The molecule has 0 aliphatic rings. The van der Waals surface area contributed by atoms with Crippen LogP contribution in [0.1, 0.15) is 5.56 Å². The number of hydrogen-bond acceptors (Lipinski definition) is 5. The average molecular weight is 455 g/mol. The minimum atomic E-state index is -3.68. The Hall–Kier alpha value is -2.46. The van der Waals surface area contributed by atoms with Gasteiger partial charge in [-0.3, -0.25) is 14.2 Å². The fraction of sp³-hybridized carbons (Fsp3) is 0.167. The predicted molar refractivity (Wildman–Crippen MR) is 112 cm³/mol. The summed E-state index contributed by atoms with van der Waals surface area (Å²) in [5, 5.41) is 3.29. The number of hydrogen-bond donors (Lipinski definition) is 2. The number of sulfonamides is 1. The summed E-state index contributed by atoms with van der Waals surface area (Å²) in [7, 11) is -2.37. The van der Waals surface area contributed by atoms with Crippen LogP contribution in [0, 0.1) is 6.92 Å². The number of fused-ring (bicyclic) bond motifs is 1. The SMILES string of the molecule is CNS(=O)(=O)c1cc(NC(=O)Cn2cnc3c(Cl)cc(Cl)cc3c2=O)ccc1C. The molecule has 2 N–H and O–H groups in total. The fourth-order valence-electron chi connectivity index (χ4n) is 2.74. The van der Waals surface area contributed by atoms with Crippen LogP contribution in [0.2, 0.25) is 10.0 Å².